The number of thiophene rings is 1. The van der Waals surface area contributed by atoms with E-state index < -0.39 is 0 Å². The lowest BCUT2D eigenvalue weighted by atomic mass is 10.1. The Morgan fingerprint density at radius 1 is 1.20 bits per heavy atom. The first-order valence-electron chi connectivity index (χ1n) is 10.6. The third-order valence-corrected chi connectivity index (χ3v) is 6.48. The standard InChI is InChI=1S/C23H29N3O3S/c1-25(2)20-10-9-18(24-22(27)21-6-4-12-30-21)13-17(20)14-26(23(28)16-7-8-16)15-19-5-3-11-29-19/h4,6,9-10,12-13,16,19H,3,5,7-8,11,14-15H2,1-2H3,(H,24,27)/t19-/m0/s1. The van der Waals surface area contributed by atoms with Crippen LogP contribution in [0, 0.1) is 5.92 Å². The summed E-state index contributed by atoms with van der Waals surface area (Å²) in [5, 5.41) is 4.88. The molecule has 1 aromatic carbocycles. The molecule has 1 atom stereocenters. The van der Waals surface area contributed by atoms with Crippen molar-refractivity contribution in [3.8, 4) is 0 Å². The van der Waals surface area contributed by atoms with Crippen molar-refractivity contribution in [1.82, 2.24) is 4.90 Å². The molecule has 1 aliphatic heterocycles. The van der Waals surface area contributed by atoms with Crippen LogP contribution >= 0.6 is 11.3 Å². The lowest BCUT2D eigenvalue weighted by Crippen LogP contribution is -2.38. The van der Waals surface area contributed by atoms with Gasteiger partial charge >= 0.3 is 0 Å². The van der Waals surface area contributed by atoms with Crippen molar-refractivity contribution >= 4 is 34.5 Å². The fourth-order valence-corrected chi connectivity index (χ4v) is 4.51. The Kier molecular flexibility index (Phi) is 6.39. The maximum absolute atomic E-state index is 13.0. The van der Waals surface area contributed by atoms with E-state index in [4.69, 9.17) is 4.74 Å². The highest BCUT2D eigenvalue weighted by Crippen LogP contribution is 2.33. The number of carbonyl (C=O) groups excluding carboxylic acids is 2. The Hall–Kier alpha value is -2.38. The van der Waals surface area contributed by atoms with Gasteiger partial charge in [0.05, 0.1) is 11.0 Å². The molecule has 30 heavy (non-hydrogen) atoms. The molecule has 0 bridgehead atoms. The Morgan fingerprint density at radius 3 is 2.67 bits per heavy atom. The summed E-state index contributed by atoms with van der Waals surface area (Å²) in [5.41, 5.74) is 2.81. The third kappa shape index (κ3) is 5.02. The van der Waals surface area contributed by atoms with Crippen molar-refractivity contribution < 1.29 is 14.3 Å². The van der Waals surface area contributed by atoms with Gasteiger partial charge in [-0.1, -0.05) is 6.07 Å². The van der Waals surface area contributed by atoms with Crippen LogP contribution in [0.3, 0.4) is 0 Å². The smallest absolute Gasteiger partial charge is 0.265 e. The summed E-state index contributed by atoms with van der Waals surface area (Å²) in [6, 6.07) is 9.59. The highest BCUT2D eigenvalue weighted by atomic mass is 32.1. The van der Waals surface area contributed by atoms with Gasteiger partial charge in [0.15, 0.2) is 0 Å². The van der Waals surface area contributed by atoms with Crippen molar-refractivity contribution in [1.29, 1.82) is 0 Å². The van der Waals surface area contributed by atoms with Crippen LogP contribution in [-0.2, 0) is 16.1 Å². The summed E-state index contributed by atoms with van der Waals surface area (Å²) in [6.07, 6.45) is 4.16. The van der Waals surface area contributed by atoms with Crippen LogP contribution in [0.25, 0.3) is 0 Å². The number of amides is 2. The van der Waals surface area contributed by atoms with Gasteiger partial charge in [-0.2, -0.15) is 0 Å². The van der Waals surface area contributed by atoms with Crippen molar-refractivity contribution in [2.24, 2.45) is 5.92 Å². The van der Waals surface area contributed by atoms with Gasteiger partial charge in [0.2, 0.25) is 5.91 Å². The SMILES string of the molecule is CN(C)c1ccc(NC(=O)c2cccs2)cc1CN(C[C@@H]1CCCO1)C(=O)C1CC1. The van der Waals surface area contributed by atoms with Crippen LogP contribution in [0.4, 0.5) is 11.4 Å². The number of nitrogens with one attached hydrogen (secondary N) is 1. The first-order chi connectivity index (χ1) is 14.5. The zero-order valence-corrected chi connectivity index (χ0v) is 18.4. The summed E-state index contributed by atoms with van der Waals surface area (Å²) in [7, 11) is 3.99. The summed E-state index contributed by atoms with van der Waals surface area (Å²) in [6.45, 7) is 1.93. The molecule has 2 fully saturated rings. The molecule has 1 saturated heterocycles. The maximum atomic E-state index is 13.0. The van der Waals surface area contributed by atoms with Crippen molar-refractivity contribution in [3.63, 3.8) is 0 Å². The topological polar surface area (TPSA) is 61.9 Å². The van der Waals surface area contributed by atoms with E-state index in [-0.39, 0.29) is 23.8 Å². The van der Waals surface area contributed by atoms with E-state index in [1.54, 1.807) is 0 Å². The maximum Gasteiger partial charge on any atom is 0.265 e. The number of anilines is 2. The number of carbonyl (C=O) groups is 2. The van der Waals surface area contributed by atoms with Gasteiger partial charge in [-0.25, -0.2) is 0 Å². The molecule has 1 aromatic heterocycles. The Bertz CT molecular complexity index is 887. The highest BCUT2D eigenvalue weighted by molar-refractivity contribution is 7.12. The second kappa shape index (κ2) is 9.18. The van der Waals surface area contributed by atoms with Crippen LogP contribution < -0.4 is 10.2 Å². The van der Waals surface area contributed by atoms with Crippen LogP contribution in [0.15, 0.2) is 35.7 Å². The Balaban J connectivity index is 1.55. The first kappa shape index (κ1) is 20.9. The molecular formula is C23H29N3O3S. The van der Waals surface area contributed by atoms with E-state index in [0.717, 1.165) is 49.2 Å². The lowest BCUT2D eigenvalue weighted by Gasteiger charge is -2.28. The zero-order valence-electron chi connectivity index (χ0n) is 17.6. The van der Waals surface area contributed by atoms with Crippen LogP contribution in [-0.4, -0.2) is 50.1 Å². The van der Waals surface area contributed by atoms with Gasteiger partial charge in [0.1, 0.15) is 0 Å². The fraction of sp³-hybridized carbons (Fsp3) is 0.478. The fourth-order valence-electron chi connectivity index (χ4n) is 3.89. The first-order valence-corrected chi connectivity index (χ1v) is 11.4. The van der Waals surface area contributed by atoms with Crippen molar-refractivity contribution in [3.05, 3.63) is 46.2 Å². The van der Waals surface area contributed by atoms with E-state index >= 15 is 0 Å². The van der Waals surface area contributed by atoms with Crippen LogP contribution in [0.1, 0.15) is 40.9 Å². The average Bonchev–Trinajstić information content (AvgIpc) is 3.18. The molecule has 1 N–H and O–H groups in total. The van der Waals surface area contributed by atoms with E-state index in [1.165, 1.54) is 11.3 Å². The van der Waals surface area contributed by atoms with Crippen LogP contribution in [0.5, 0.6) is 0 Å². The average molecular weight is 428 g/mol. The minimum Gasteiger partial charge on any atom is -0.377 e. The number of hydrogen-bond donors (Lipinski definition) is 1. The minimum absolute atomic E-state index is 0.112. The number of nitrogens with zero attached hydrogens (tertiary/aromatic N) is 2. The molecule has 6 nitrogen and oxygen atoms in total. The molecule has 0 spiro atoms. The summed E-state index contributed by atoms with van der Waals surface area (Å²) in [4.78, 5) is 30.1. The summed E-state index contributed by atoms with van der Waals surface area (Å²) >= 11 is 1.42. The van der Waals surface area contributed by atoms with Crippen molar-refractivity contribution in [2.45, 2.75) is 38.3 Å². The molecule has 160 valence electrons. The summed E-state index contributed by atoms with van der Waals surface area (Å²) in [5.74, 6) is 0.276. The molecule has 2 aromatic rings. The third-order valence-electron chi connectivity index (χ3n) is 5.61. The van der Waals surface area contributed by atoms with E-state index in [9.17, 15) is 9.59 Å². The van der Waals surface area contributed by atoms with E-state index in [0.29, 0.717) is 18.0 Å². The second-order valence-corrected chi connectivity index (χ2v) is 9.25. The number of benzene rings is 1. The molecule has 0 radical (unpaired) electrons. The molecule has 2 heterocycles. The predicted molar refractivity (Wildman–Crippen MR) is 120 cm³/mol. The molecule has 1 aliphatic carbocycles. The molecule has 1 saturated carbocycles. The molecule has 2 aliphatic rings. The number of rotatable bonds is 8. The van der Waals surface area contributed by atoms with E-state index in [2.05, 4.69) is 5.32 Å². The minimum atomic E-state index is -0.112. The monoisotopic (exact) mass is 427 g/mol. The highest BCUT2D eigenvalue weighted by Gasteiger charge is 2.35. The van der Waals surface area contributed by atoms with E-state index in [1.807, 2.05) is 59.6 Å². The number of hydrogen-bond acceptors (Lipinski definition) is 5. The lowest BCUT2D eigenvalue weighted by molar-refractivity contribution is -0.134. The zero-order chi connectivity index (χ0) is 21.1. The van der Waals surface area contributed by atoms with Gasteiger partial charge in [-0.3, -0.25) is 9.59 Å². The molecule has 4 rings (SSSR count). The quantitative estimate of drug-likeness (QED) is 0.692. The van der Waals surface area contributed by atoms with Gasteiger partial charge in [-0.05, 0) is 60.9 Å². The predicted octanol–water partition coefficient (Wildman–Crippen LogP) is 3.98. The largest absolute Gasteiger partial charge is 0.377 e. The molecule has 2 amide bonds. The van der Waals surface area contributed by atoms with Gasteiger partial charge in [0, 0.05) is 51.1 Å². The van der Waals surface area contributed by atoms with Gasteiger partial charge in [0.25, 0.3) is 5.91 Å². The number of ether oxygens (including phenoxy) is 1. The second-order valence-electron chi connectivity index (χ2n) is 8.30. The molecule has 0 unspecified atom stereocenters. The van der Waals surface area contributed by atoms with Crippen molar-refractivity contribution in [2.75, 3.05) is 37.5 Å². The molecule has 7 heteroatoms. The normalized spacial score (nSPS) is 18.3. The Morgan fingerprint density at radius 2 is 2.03 bits per heavy atom. The summed E-state index contributed by atoms with van der Waals surface area (Å²) < 4.78 is 5.81. The van der Waals surface area contributed by atoms with Gasteiger partial charge < -0.3 is 19.9 Å². The molecular weight excluding hydrogens is 398 g/mol. The Labute approximate surface area is 181 Å². The van der Waals surface area contributed by atoms with Crippen LogP contribution in [0.2, 0.25) is 0 Å². The van der Waals surface area contributed by atoms with Gasteiger partial charge in [-0.15, -0.1) is 11.3 Å².